The molecule has 1 fully saturated rings. The molecule has 0 amide bonds. The second-order valence-corrected chi connectivity index (χ2v) is 4.28. The van der Waals surface area contributed by atoms with Crippen molar-refractivity contribution < 1.29 is 27.6 Å². The zero-order valence-electron chi connectivity index (χ0n) is 9.41. The van der Waals surface area contributed by atoms with Crippen molar-refractivity contribution >= 4 is 18.4 Å². The molecule has 0 saturated carbocycles. The molecule has 1 heterocycles. The predicted molar refractivity (Wildman–Crippen MR) is 59.7 cm³/mol. The van der Waals surface area contributed by atoms with E-state index < -0.39 is 24.0 Å². The average molecular weight is 259 g/mol. The number of hydrogen-bond acceptors (Lipinski definition) is 2. The average Bonchev–Trinajstić information content (AvgIpc) is 2.78. The molecule has 7 heteroatoms. The summed E-state index contributed by atoms with van der Waals surface area (Å²) in [5.74, 6) is -1.24. The highest BCUT2D eigenvalue weighted by molar-refractivity contribution is 6.73. The van der Waals surface area contributed by atoms with Gasteiger partial charge in [-0.15, -0.1) is 5.46 Å². The maximum absolute atomic E-state index is 12.7. The van der Waals surface area contributed by atoms with E-state index in [2.05, 4.69) is 0 Å². The highest BCUT2D eigenvalue weighted by atomic mass is 19.4. The van der Waals surface area contributed by atoms with E-state index in [-0.39, 0.29) is 18.6 Å². The van der Waals surface area contributed by atoms with E-state index in [4.69, 9.17) is 4.74 Å². The van der Waals surface area contributed by atoms with E-state index in [0.29, 0.717) is 6.42 Å². The summed E-state index contributed by atoms with van der Waals surface area (Å²) in [5.41, 5.74) is -2.37. The molecular formula is C11H11BF3O3-. The second-order valence-electron chi connectivity index (χ2n) is 4.28. The number of rotatable bonds is 3. The highest BCUT2D eigenvalue weighted by Crippen LogP contribution is 2.36. The first kappa shape index (κ1) is 12.9. The lowest BCUT2D eigenvalue weighted by Crippen LogP contribution is -2.39. The van der Waals surface area contributed by atoms with E-state index in [0.717, 1.165) is 12.1 Å². The first-order chi connectivity index (χ1) is 8.36. The molecule has 0 aliphatic carbocycles. The summed E-state index contributed by atoms with van der Waals surface area (Å²) < 4.78 is 43.2. The third-order valence-corrected chi connectivity index (χ3v) is 3.10. The first-order valence-electron chi connectivity index (χ1n) is 5.54. The zero-order valence-corrected chi connectivity index (χ0v) is 9.41. The van der Waals surface area contributed by atoms with Gasteiger partial charge >= 0.3 is 12.9 Å². The summed E-state index contributed by atoms with van der Waals surface area (Å²) in [5, 5.41) is 9.21. The third-order valence-electron chi connectivity index (χ3n) is 3.10. The van der Waals surface area contributed by atoms with E-state index >= 15 is 0 Å². The molecule has 1 unspecified atom stereocenters. The van der Waals surface area contributed by atoms with Gasteiger partial charge in [-0.3, -0.25) is 0 Å². The molecule has 1 aliphatic rings. The quantitative estimate of drug-likeness (QED) is 0.842. The Hall–Kier alpha value is -1.50. The van der Waals surface area contributed by atoms with Crippen molar-refractivity contribution in [2.24, 2.45) is 0 Å². The lowest BCUT2D eigenvalue weighted by atomic mass is 9.77. The van der Waals surface area contributed by atoms with Gasteiger partial charge in [-0.2, -0.15) is 0 Å². The Morgan fingerprint density at radius 3 is 2.61 bits per heavy atom. The van der Waals surface area contributed by atoms with Crippen LogP contribution in [-0.2, 0) is 15.1 Å². The number of benzene rings is 1. The number of carboxylic acid groups (broad SMARTS) is 1. The molecule has 3 nitrogen and oxygen atoms in total. The van der Waals surface area contributed by atoms with Gasteiger partial charge in [-0.05, 0) is 18.4 Å². The van der Waals surface area contributed by atoms with E-state index in [9.17, 15) is 22.8 Å². The van der Waals surface area contributed by atoms with E-state index in [1.165, 1.54) is 12.1 Å². The molecule has 18 heavy (non-hydrogen) atoms. The highest BCUT2D eigenvalue weighted by Gasteiger charge is 2.45. The largest absolute Gasteiger partial charge is 0.509 e. The van der Waals surface area contributed by atoms with Crippen molar-refractivity contribution in [1.82, 2.24) is 0 Å². The summed E-state index contributed by atoms with van der Waals surface area (Å²) in [6.45, 7) is -4.90. The molecule has 2 rings (SSSR count). The van der Waals surface area contributed by atoms with Crippen LogP contribution in [0.3, 0.4) is 0 Å². The fourth-order valence-electron chi connectivity index (χ4n) is 2.15. The number of halogens is 3. The normalized spacial score (nSPS) is 24.2. The number of carbonyl (C=O) groups is 1. The molecule has 1 aromatic carbocycles. The van der Waals surface area contributed by atoms with Gasteiger partial charge in [-0.1, -0.05) is 24.3 Å². The molecule has 0 bridgehead atoms. The van der Waals surface area contributed by atoms with Gasteiger partial charge in [0.15, 0.2) is 5.60 Å². The Bertz CT molecular complexity index is 467. The van der Waals surface area contributed by atoms with Crippen LogP contribution in [0.25, 0.3) is 0 Å². The Kier molecular flexibility index (Phi) is 3.10. The third kappa shape index (κ3) is 2.10. The van der Waals surface area contributed by atoms with E-state index in [1.807, 2.05) is 0 Å². The fraction of sp³-hybridized carbons (Fsp3) is 0.364. The zero-order chi connectivity index (χ0) is 13.4. The molecule has 0 spiro atoms. The maximum Gasteiger partial charge on any atom is 0.509 e. The van der Waals surface area contributed by atoms with Crippen molar-refractivity contribution in [1.29, 1.82) is 0 Å². The van der Waals surface area contributed by atoms with Crippen molar-refractivity contribution in [2.45, 2.75) is 18.4 Å². The van der Waals surface area contributed by atoms with Crippen LogP contribution >= 0.6 is 0 Å². The fourth-order valence-corrected chi connectivity index (χ4v) is 2.15. The topological polar surface area (TPSA) is 46.5 Å². The van der Waals surface area contributed by atoms with Crippen molar-refractivity contribution in [3.05, 3.63) is 29.8 Å². The summed E-state index contributed by atoms with van der Waals surface area (Å²) in [6, 6.07) is 4.39. The van der Waals surface area contributed by atoms with Crippen molar-refractivity contribution in [3.63, 3.8) is 0 Å². The Morgan fingerprint density at radius 1 is 1.39 bits per heavy atom. The van der Waals surface area contributed by atoms with Crippen LogP contribution < -0.4 is 5.46 Å². The molecule has 1 aromatic rings. The second kappa shape index (κ2) is 4.31. The SMILES string of the molecule is O=C(O)C1(c2cccc([B-](F)(F)F)c2)CCCO1. The number of carboxylic acids is 1. The molecule has 98 valence electrons. The monoisotopic (exact) mass is 259 g/mol. The Morgan fingerprint density at radius 2 is 2.11 bits per heavy atom. The summed E-state index contributed by atoms with van der Waals surface area (Å²) >= 11 is 0. The molecule has 1 N–H and O–H groups in total. The van der Waals surface area contributed by atoms with Crippen LogP contribution in [0, 0.1) is 0 Å². The predicted octanol–water partition coefficient (Wildman–Crippen LogP) is 1.83. The van der Waals surface area contributed by atoms with Crippen LogP contribution in [0.5, 0.6) is 0 Å². The van der Waals surface area contributed by atoms with Crippen LogP contribution in [-0.4, -0.2) is 24.7 Å². The maximum atomic E-state index is 12.7. The molecule has 1 atom stereocenters. The smallest absolute Gasteiger partial charge is 0.479 e. The molecule has 1 aliphatic heterocycles. The van der Waals surface area contributed by atoms with Crippen molar-refractivity contribution in [2.75, 3.05) is 6.61 Å². The van der Waals surface area contributed by atoms with Crippen LogP contribution in [0.15, 0.2) is 24.3 Å². The van der Waals surface area contributed by atoms with Crippen molar-refractivity contribution in [3.8, 4) is 0 Å². The van der Waals surface area contributed by atoms with Gasteiger partial charge in [0.2, 0.25) is 0 Å². The number of hydrogen-bond donors (Lipinski definition) is 1. The van der Waals surface area contributed by atoms with Gasteiger partial charge in [0, 0.05) is 6.61 Å². The Balaban J connectivity index is 2.47. The van der Waals surface area contributed by atoms with Crippen LogP contribution in [0.2, 0.25) is 0 Å². The van der Waals surface area contributed by atoms with Gasteiger partial charge < -0.3 is 22.8 Å². The minimum Gasteiger partial charge on any atom is -0.479 e. The first-order valence-corrected chi connectivity index (χ1v) is 5.54. The van der Waals surface area contributed by atoms with Gasteiger partial charge in [0.1, 0.15) is 0 Å². The van der Waals surface area contributed by atoms with Gasteiger partial charge in [-0.25, -0.2) is 4.79 Å². The summed E-state index contributed by atoms with van der Waals surface area (Å²) in [4.78, 5) is 11.3. The Labute approximate surface area is 102 Å². The molecule has 1 saturated heterocycles. The lowest BCUT2D eigenvalue weighted by Gasteiger charge is -2.26. The van der Waals surface area contributed by atoms with Gasteiger partial charge in [0.05, 0.1) is 0 Å². The van der Waals surface area contributed by atoms with E-state index in [1.54, 1.807) is 0 Å². The molecular weight excluding hydrogens is 248 g/mol. The minimum absolute atomic E-state index is 0.0594. The molecule has 0 radical (unpaired) electrons. The minimum atomic E-state index is -5.14. The molecule has 0 aromatic heterocycles. The summed E-state index contributed by atoms with van der Waals surface area (Å²) in [6.07, 6.45) is 0.713. The summed E-state index contributed by atoms with van der Waals surface area (Å²) in [7, 11) is 0. The van der Waals surface area contributed by atoms with Crippen LogP contribution in [0.1, 0.15) is 18.4 Å². The number of ether oxygens (including phenoxy) is 1. The van der Waals surface area contributed by atoms with Crippen LogP contribution in [0.4, 0.5) is 12.9 Å². The standard InChI is InChI=1S/C11H11BF3O3/c13-12(14,15)9-4-1-3-8(7-9)11(10(16)17)5-2-6-18-11/h1,3-4,7H,2,5-6H2,(H,16,17)/q-1. The van der Waals surface area contributed by atoms with Gasteiger partial charge in [0.25, 0.3) is 0 Å². The number of aliphatic carboxylic acids is 1. The lowest BCUT2D eigenvalue weighted by molar-refractivity contribution is -0.161.